The van der Waals surface area contributed by atoms with Crippen molar-refractivity contribution in [2.24, 2.45) is 5.73 Å². The number of benzene rings is 2. The van der Waals surface area contributed by atoms with Crippen molar-refractivity contribution in [2.45, 2.75) is 11.9 Å². The molecule has 0 aromatic heterocycles. The molecule has 0 aliphatic carbocycles. The first-order valence-electron chi connectivity index (χ1n) is 7.26. The van der Waals surface area contributed by atoms with E-state index in [1.807, 2.05) is 24.3 Å². The number of nitrogens with two attached hydrogens (primary N) is 1. The molecule has 1 amide bonds. The molecule has 5 nitrogen and oxygen atoms in total. The Balaban J connectivity index is 0.00000243. The van der Waals surface area contributed by atoms with E-state index in [1.54, 1.807) is 0 Å². The third-order valence-corrected chi connectivity index (χ3v) is 5.90. The van der Waals surface area contributed by atoms with Crippen LogP contribution >= 0.6 is 40.2 Å². The summed E-state index contributed by atoms with van der Waals surface area (Å²) in [6, 6.07) is 10.7. The first-order valence-corrected chi connectivity index (χ1v) is 10.1. The fraction of sp³-hybridized carbons (Fsp3) is 0.118. The number of Topliss-reactive ketones (excluding diaryl/α,β-unsaturated/α-hetero) is 1. The van der Waals surface area contributed by atoms with Gasteiger partial charge in [0.2, 0.25) is 0 Å². The number of rotatable bonds is 5. The first kappa shape index (κ1) is 20.9. The Bertz CT molecular complexity index is 890. The number of hydrogen-bond acceptors (Lipinski definition) is 3. The molecule has 0 radical (unpaired) electrons. The quantitative estimate of drug-likeness (QED) is 0.273. The molecule has 1 aliphatic rings. The SMILES string of the molecule is Br.N=C(N)[Se]Cc1ccc(CN2C(=O)C(=O)c3cc(Cl)cc(Cl)c32)cc1. The molecule has 0 saturated heterocycles. The Morgan fingerprint density at radius 1 is 1.12 bits per heavy atom. The maximum atomic E-state index is 12.3. The summed E-state index contributed by atoms with van der Waals surface area (Å²) in [6.45, 7) is 0.247. The van der Waals surface area contributed by atoms with Crippen LogP contribution in [0.2, 0.25) is 10.0 Å². The molecule has 136 valence electrons. The van der Waals surface area contributed by atoms with Crippen molar-refractivity contribution in [3.05, 3.63) is 63.1 Å². The van der Waals surface area contributed by atoms with Crippen LogP contribution in [0.4, 0.5) is 5.69 Å². The summed E-state index contributed by atoms with van der Waals surface area (Å²) >= 11 is 12.1. The summed E-state index contributed by atoms with van der Waals surface area (Å²) in [5.41, 5.74) is 7.99. The van der Waals surface area contributed by atoms with E-state index in [0.29, 0.717) is 10.7 Å². The van der Waals surface area contributed by atoms with Crippen LogP contribution in [0, 0.1) is 5.41 Å². The molecule has 1 heterocycles. The van der Waals surface area contributed by atoms with Crippen LogP contribution in [0.15, 0.2) is 36.4 Å². The first-order chi connectivity index (χ1) is 11.9. The van der Waals surface area contributed by atoms with Crippen molar-refractivity contribution < 1.29 is 9.59 Å². The molecule has 0 unspecified atom stereocenters. The number of fused-ring (bicyclic) bond motifs is 1. The topological polar surface area (TPSA) is 87.2 Å². The second-order valence-electron chi connectivity index (χ2n) is 5.47. The summed E-state index contributed by atoms with van der Waals surface area (Å²) in [6.07, 6.45) is 0. The van der Waals surface area contributed by atoms with Crippen LogP contribution in [-0.2, 0) is 16.7 Å². The van der Waals surface area contributed by atoms with E-state index in [1.165, 1.54) is 17.0 Å². The molecule has 2 aromatic rings. The van der Waals surface area contributed by atoms with Gasteiger partial charge >= 0.3 is 161 Å². The van der Waals surface area contributed by atoms with Gasteiger partial charge in [0.25, 0.3) is 0 Å². The molecule has 3 N–H and O–H groups in total. The molecule has 0 fully saturated rings. The number of anilines is 1. The normalized spacial score (nSPS) is 12.8. The van der Waals surface area contributed by atoms with Gasteiger partial charge < -0.3 is 0 Å². The van der Waals surface area contributed by atoms with E-state index >= 15 is 0 Å². The number of nitrogens with one attached hydrogen (secondary N) is 1. The maximum absolute atomic E-state index is 12.3. The number of hydrogen-bond donors (Lipinski definition) is 2. The molecule has 26 heavy (non-hydrogen) atoms. The Labute approximate surface area is 177 Å². The summed E-state index contributed by atoms with van der Waals surface area (Å²) in [5.74, 6) is -1.21. The number of carbonyl (C=O) groups excluding carboxylic acids is 2. The van der Waals surface area contributed by atoms with E-state index in [9.17, 15) is 9.59 Å². The average Bonchev–Trinajstić information content (AvgIpc) is 2.79. The second-order valence-corrected chi connectivity index (χ2v) is 8.45. The van der Waals surface area contributed by atoms with Crippen molar-refractivity contribution in [3.8, 4) is 0 Å². The van der Waals surface area contributed by atoms with E-state index in [-0.39, 0.29) is 53.8 Å². The van der Waals surface area contributed by atoms with Gasteiger partial charge in [0.1, 0.15) is 0 Å². The predicted molar refractivity (Wildman–Crippen MR) is 110 cm³/mol. The molecule has 3 rings (SSSR count). The summed E-state index contributed by atoms with van der Waals surface area (Å²) < 4.78 is 0.211. The third kappa shape index (κ3) is 4.30. The average molecular weight is 522 g/mol. The standard InChI is InChI=1S/C17H13Cl2N3O2Se.BrH/c18-11-5-12-14(13(19)6-11)22(16(24)15(12)23)7-9-1-3-10(4-2-9)8-25-17(20)21;/h1-6H,7-8H2,(H3,20,21);1H. The fourth-order valence-corrected chi connectivity index (χ4v) is 4.26. The number of halogens is 3. The van der Waals surface area contributed by atoms with Crippen molar-refractivity contribution >= 4 is 77.3 Å². The second kappa shape index (κ2) is 8.55. The minimum absolute atomic E-state index is 0. The molecular formula is C17H14BrCl2N3O2Se. The van der Waals surface area contributed by atoms with E-state index in [4.69, 9.17) is 34.3 Å². The third-order valence-electron chi connectivity index (χ3n) is 3.74. The molecule has 9 heteroatoms. The van der Waals surface area contributed by atoms with E-state index in [0.717, 1.165) is 16.4 Å². The number of amides is 1. The zero-order chi connectivity index (χ0) is 18.1. The molecule has 0 saturated carbocycles. The summed E-state index contributed by atoms with van der Waals surface area (Å²) in [5, 5.41) is 8.64. The molecule has 1 aliphatic heterocycles. The van der Waals surface area contributed by atoms with Crippen LogP contribution in [0.25, 0.3) is 0 Å². The minimum atomic E-state index is -0.608. The van der Waals surface area contributed by atoms with Gasteiger partial charge in [-0.3, -0.25) is 0 Å². The number of amidine groups is 1. The predicted octanol–water partition coefficient (Wildman–Crippen LogP) is 3.40. The zero-order valence-electron chi connectivity index (χ0n) is 13.3. The number of carbonyl (C=O) groups is 2. The van der Waals surface area contributed by atoms with Crippen molar-refractivity contribution in [1.82, 2.24) is 0 Å². The van der Waals surface area contributed by atoms with Gasteiger partial charge in [0.05, 0.1) is 0 Å². The monoisotopic (exact) mass is 521 g/mol. The summed E-state index contributed by atoms with van der Waals surface area (Å²) in [7, 11) is 0. The van der Waals surface area contributed by atoms with Gasteiger partial charge in [0.15, 0.2) is 0 Å². The van der Waals surface area contributed by atoms with Gasteiger partial charge in [0, 0.05) is 0 Å². The van der Waals surface area contributed by atoms with Gasteiger partial charge in [-0.15, -0.1) is 17.0 Å². The van der Waals surface area contributed by atoms with Gasteiger partial charge in [-0.1, -0.05) is 0 Å². The Kier molecular flexibility index (Phi) is 6.88. The fourth-order valence-electron chi connectivity index (χ4n) is 2.59. The number of ketones is 1. The Morgan fingerprint density at radius 2 is 1.73 bits per heavy atom. The van der Waals surface area contributed by atoms with Gasteiger partial charge in [-0.25, -0.2) is 0 Å². The van der Waals surface area contributed by atoms with E-state index < -0.39 is 11.7 Å². The molecule has 0 atom stereocenters. The van der Waals surface area contributed by atoms with Gasteiger partial charge in [-0.2, -0.15) is 0 Å². The zero-order valence-corrected chi connectivity index (χ0v) is 18.2. The van der Waals surface area contributed by atoms with Crippen LogP contribution in [-0.4, -0.2) is 31.4 Å². The molecule has 0 bridgehead atoms. The van der Waals surface area contributed by atoms with Crippen molar-refractivity contribution in [3.63, 3.8) is 0 Å². The van der Waals surface area contributed by atoms with Crippen molar-refractivity contribution in [2.75, 3.05) is 4.90 Å². The van der Waals surface area contributed by atoms with Crippen LogP contribution in [0.3, 0.4) is 0 Å². The van der Waals surface area contributed by atoms with E-state index in [2.05, 4.69) is 0 Å². The molecule has 0 spiro atoms. The summed E-state index contributed by atoms with van der Waals surface area (Å²) in [4.78, 5) is 25.9. The molecule has 2 aromatic carbocycles. The Hall–Kier alpha value is -1.37. The van der Waals surface area contributed by atoms with Crippen LogP contribution < -0.4 is 10.6 Å². The Morgan fingerprint density at radius 3 is 2.35 bits per heavy atom. The van der Waals surface area contributed by atoms with Crippen molar-refractivity contribution in [1.29, 1.82) is 5.41 Å². The van der Waals surface area contributed by atoms with Crippen LogP contribution in [0.1, 0.15) is 21.5 Å². The van der Waals surface area contributed by atoms with Gasteiger partial charge in [-0.05, 0) is 0 Å². The molecular weight excluding hydrogens is 508 g/mol. The van der Waals surface area contributed by atoms with Crippen LogP contribution in [0.5, 0.6) is 0 Å². The number of nitrogens with zero attached hydrogens (tertiary/aromatic N) is 1.